The lowest BCUT2D eigenvalue weighted by atomic mass is 9.47. The van der Waals surface area contributed by atoms with Crippen LogP contribution in [0, 0.1) is 28.6 Å². The zero-order valence-electron chi connectivity index (χ0n) is 18.9. The van der Waals surface area contributed by atoms with Crippen LogP contribution >= 0.6 is 0 Å². The molecule has 0 heterocycles. The van der Waals surface area contributed by atoms with E-state index in [1.54, 1.807) is 0 Å². The molecule has 4 rings (SSSR count). The molecule has 5 heteroatoms. The quantitative estimate of drug-likeness (QED) is 0.488. The molecule has 0 saturated heterocycles. The zero-order valence-corrected chi connectivity index (χ0v) is 18.9. The van der Waals surface area contributed by atoms with Gasteiger partial charge >= 0.3 is 11.9 Å². The van der Waals surface area contributed by atoms with E-state index in [1.807, 2.05) is 6.92 Å². The molecule has 0 radical (unpaired) electrons. The standard InChI is InChI=1S/C25H36O5/c1-5-6-22(28)30-20-14-16-13-17(29-15(2)26)9-11-24(16,3)19-10-12-25(4)18(23(19)20)7-8-21(25)27/h14,17-20,23H,5-13H2,1-4H3/t17-,18?,19?,20?,23?,24-,25-/m0/s1. The van der Waals surface area contributed by atoms with Crippen LogP contribution in [-0.4, -0.2) is 29.9 Å². The molecule has 0 aliphatic heterocycles. The first-order valence-electron chi connectivity index (χ1n) is 11.8. The minimum Gasteiger partial charge on any atom is -0.462 e. The predicted molar refractivity (Wildman–Crippen MR) is 112 cm³/mol. The number of fused-ring (bicyclic) bond motifs is 5. The molecule has 3 fully saturated rings. The number of ether oxygens (including phenoxy) is 2. The Kier molecular flexibility index (Phi) is 5.61. The van der Waals surface area contributed by atoms with Crippen LogP contribution in [-0.2, 0) is 23.9 Å². The summed E-state index contributed by atoms with van der Waals surface area (Å²) in [5.74, 6) is 0.897. The first-order chi connectivity index (χ1) is 14.2. The van der Waals surface area contributed by atoms with Crippen LogP contribution in [0.3, 0.4) is 0 Å². The van der Waals surface area contributed by atoms with Crippen LogP contribution in [0.2, 0.25) is 0 Å². The van der Waals surface area contributed by atoms with Gasteiger partial charge in [-0.2, -0.15) is 0 Å². The molecule has 30 heavy (non-hydrogen) atoms. The summed E-state index contributed by atoms with van der Waals surface area (Å²) < 4.78 is 11.6. The molecule has 0 bridgehead atoms. The summed E-state index contributed by atoms with van der Waals surface area (Å²) >= 11 is 0. The molecule has 0 aromatic rings. The molecule has 5 nitrogen and oxygen atoms in total. The second-order valence-corrected chi connectivity index (χ2v) is 10.5. The van der Waals surface area contributed by atoms with Gasteiger partial charge in [-0.3, -0.25) is 14.4 Å². The minimum atomic E-state index is -0.274. The lowest BCUT2D eigenvalue weighted by molar-refractivity contribution is -0.161. The fourth-order valence-electron chi connectivity index (χ4n) is 7.22. The number of hydrogen-bond donors (Lipinski definition) is 0. The van der Waals surface area contributed by atoms with E-state index in [4.69, 9.17) is 9.47 Å². The smallest absolute Gasteiger partial charge is 0.306 e. The Bertz CT molecular complexity index is 770. The molecule has 166 valence electrons. The molecule has 0 amide bonds. The molecule has 0 spiro atoms. The molecule has 0 N–H and O–H groups in total. The van der Waals surface area contributed by atoms with Gasteiger partial charge in [-0.1, -0.05) is 26.3 Å². The van der Waals surface area contributed by atoms with Gasteiger partial charge in [0.2, 0.25) is 0 Å². The van der Waals surface area contributed by atoms with Crippen molar-refractivity contribution in [2.75, 3.05) is 0 Å². The van der Waals surface area contributed by atoms with Gasteiger partial charge in [0.1, 0.15) is 18.0 Å². The summed E-state index contributed by atoms with van der Waals surface area (Å²) in [6.45, 7) is 7.95. The lowest BCUT2D eigenvalue weighted by Crippen LogP contribution is -2.55. The Morgan fingerprint density at radius 1 is 1.07 bits per heavy atom. The Labute approximate surface area is 179 Å². The highest BCUT2D eigenvalue weighted by Crippen LogP contribution is 2.64. The van der Waals surface area contributed by atoms with Crippen molar-refractivity contribution in [3.63, 3.8) is 0 Å². The van der Waals surface area contributed by atoms with Crippen LogP contribution in [0.4, 0.5) is 0 Å². The van der Waals surface area contributed by atoms with Crippen molar-refractivity contribution in [1.82, 2.24) is 0 Å². The SMILES string of the molecule is CCCC(=O)OC1C=C2C[C@@H](OC(C)=O)CC[C@]2(C)C2CC[C@]3(C)C(=O)CCC3C12. The van der Waals surface area contributed by atoms with Gasteiger partial charge in [0, 0.05) is 37.5 Å². The molecule has 4 aliphatic carbocycles. The van der Waals surface area contributed by atoms with Crippen molar-refractivity contribution < 1.29 is 23.9 Å². The van der Waals surface area contributed by atoms with Crippen molar-refractivity contribution in [1.29, 1.82) is 0 Å². The molecule has 3 saturated carbocycles. The first-order valence-corrected chi connectivity index (χ1v) is 11.8. The molecule has 0 aromatic carbocycles. The van der Waals surface area contributed by atoms with Crippen molar-refractivity contribution in [2.24, 2.45) is 28.6 Å². The van der Waals surface area contributed by atoms with E-state index in [9.17, 15) is 14.4 Å². The number of hydrogen-bond acceptors (Lipinski definition) is 5. The predicted octanol–water partition coefficient (Wildman–Crippen LogP) is 4.77. The zero-order chi connectivity index (χ0) is 21.7. The molecule has 4 unspecified atom stereocenters. The van der Waals surface area contributed by atoms with Crippen molar-refractivity contribution in [3.05, 3.63) is 11.6 Å². The third kappa shape index (κ3) is 3.42. The van der Waals surface area contributed by atoms with Crippen LogP contribution < -0.4 is 0 Å². The number of Topliss-reactive ketones (excluding diaryl/α,β-unsaturated/α-hetero) is 1. The summed E-state index contributed by atoms with van der Waals surface area (Å²) in [5, 5.41) is 0. The van der Waals surface area contributed by atoms with Crippen molar-refractivity contribution in [3.8, 4) is 0 Å². The summed E-state index contributed by atoms with van der Waals surface area (Å²) in [6.07, 6.45) is 9.07. The van der Waals surface area contributed by atoms with Gasteiger partial charge in [-0.15, -0.1) is 0 Å². The third-order valence-corrected chi connectivity index (χ3v) is 8.83. The number of rotatable bonds is 4. The topological polar surface area (TPSA) is 69.7 Å². The van der Waals surface area contributed by atoms with Gasteiger partial charge < -0.3 is 9.47 Å². The molecular weight excluding hydrogens is 380 g/mol. The summed E-state index contributed by atoms with van der Waals surface area (Å²) in [4.78, 5) is 36.8. The van der Waals surface area contributed by atoms with E-state index in [0.717, 1.165) is 44.9 Å². The highest BCUT2D eigenvalue weighted by atomic mass is 16.5. The van der Waals surface area contributed by atoms with E-state index in [0.29, 0.717) is 24.5 Å². The average Bonchev–Trinajstić information content (AvgIpc) is 2.97. The van der Waals surface area contributed by atoms with E-state index in [1.165, 1.54) is 12.5 Å². The van der Waals surface area contributed by atoms with E-state index < -0.39 is 0 Å². The third-order valence-electron chi connectivity index (χ3n) is 8.83. The number of ketones is 1. The summed E-state index contributed by atoms with van der Waals surface area (Å²) in [7, 11) is 0. The highest BCUT2D eigenvalue weighted by Gasteiger charge is 2.61. The lowest BCUT2D eigenvalue weighted by Gasteiger charge is -2.58. The van der Waals surface area contributed by atoms with E-state index >= 15 is 0 Å². The van der Waals surface area contributed by atoms with Gasteiger partial charge in [-0.25, -0.2) is 0 Å². The van der Waals surface area contributed by atoms with Crippen molar-refractivity contribution >= 4 is 17.7 Å². The maximum Gasteiger partial charge on any atom is 0.306 e. The van der Waals surface area contributed by atoms with E-state index in [-0.39, 0.29) is 46.8 Å². The first kappa shape index (κ1) is 21.6. The largest absolute Gasteiger partial charge is 0.462 e. The summed E-state index contributed by atoms with van der Waals surface area (Å²) in [5.41, 5.74) is 1.04. The van der Waals surface area contributed by atoms with E-state index in [2.05, 4.69) is 19.9 Å². The minimum absolute atomic E-state index is 0.0297. The highest BCUT2D eigenvalue weighted by molar-refractivity contribution is 5.87. The molecular formula is C25H36O5. The Hall–Kier alpha value is -1.65. The number of carbonyl (C=O) groups is 3. The second-order valence-electron chi connectivity index (χ2n) is 10.5. The Morgan fingerprint density at radius 3 is 2.47 bits per heavy atom. The fourth-order valence-corrected chi connectivity index (χ4v) is 7.22. The number of carbonyl (C=O) groups excluding carboxylic acids is 3. The summed E-state index contributed by atoms with van der Waals surface area (Å²) in [6, 6.07) is 0. The Morgan fingerprint density at radius 2 is 1.77 bits per heavy atom. The van der Waals surface area contributed by atoms with Crippen molar-refractivity contribution in [2.45, 2.75) is 97.7 Å². The monoisotopic (exact) mass is 416 g/mol. The molecule has 4 aliphatic rings. The second kappa shape index (κ2) is 7.80. The fraction of sp³-hybridized carbons (Fsp3) is 0.800. The number of esters is 2. The maximum absolute atomic E-state index is 12.8. The molecule has 0 aromatic heterocycles. The van der Waals surface area contributed by atoms with Crippen LogP contribution in [0.1, 0.15) is 85.5 Å². The molecule has 7 atom stereocenters. The van der Waals surface area contributed by atoms with Gasteiger partial charge in [0.25, 0.3) is 0 Å². The van der Waals surface area contributed by atoms with Crippen LogP contribution in [0.5, 0.6) is 0 Å². The average molecular weight is 417 g/mol. The van der Waals surface area contributed by atoms with Gasteiger partial charge in [0.05, 0.1) is 0 Å². The normalized spacial score (nSPS) is 42.5. The van der Waals surface area contributed by atoms with Crippen LogP contribution in [0.25, 0.3) is 0 Å². The maximum atomic E-state index is 12.8. The Balaban J connectivity index is 1.70. The van der Waals surface area contributed by atoms with Gasteiger partial charge in [-0.05, 0) is 61.9 Å². The van der Waals surface area contributed by atoms with Crippen LogP contribution in [0.15, 0.2) is 11.6 Å². The van der Waals surface area contributed by atoms with Gasteiger partial charge in [0.15, 0.2) is 0 Å².